The molecule has 0 spiro atoms. The zero-order chi connectivity index (χ0) is 18.3. The van der Waals surface area contributed by atoms with Crippen LogP contribution in [0.15, 0.2) is 45.6 Å². The Kier molecular flexibility index (Phi) is 3.76. The van der Waals surface area contributed by atoms with E-state index in [1.54, 1.807) is 37.3 Å². The predicted molar refractivity (Wildman–Crippen MR) is 91.9 cm³/mol. The second kappa shape index (κ2) is 6.11. The van der Waals surface area contributed by atoms with E-state index in [4.69, 9.17) is 23.7 Å². The molecule has 0 bridgehead atoms. The minimum absolute atomic E-state index is 0.156. The normalized spacial score (nSPS) is 12.3. The number of hydrogen-bond donors (Lipinski definition) is 1. The molecule has 1 aromatic heterocycles. The van der Waals surface area contributed by atoms with Crippen LogP contribution in [0, 0.1) is 6.92 Å². The first-order chi connectivity index (χ1) is 12.5. The van der Waals surface area contributed by atoms with Crippen molar-refractivity contribution in [3.8, 4) is 28.4 Å². The first-order valence-electron chi connectivity index (χ1n) is 7.85. The number of carboxylic acid groups (broad SMARTS) is 1. The zero-order valence-corrected chi connectivity index (χ0v) is 13.8. The molecule has 0 fully saturated rings. The number of carbonyl (C=O) groups is 1. The van der Waals surface area contributed by atoms with Gasteiger partial charge in [0.05, 0.1) is 10.9 Å². The highest BCUT2D eigenvalue weighted by atomic mass is 16.7. The first-order valence-corrected chi connectivity index (χ1v) is 7.85. The standard InChI is InChI=1S/C19H14O7/c1-10-18(11-2-5-14-16(6-11)25-9-24-14)19(22)13-4-3-12(7-15(13)26-10)23-8-17(20)21/h2-7H,8-9H2,1H3,(H,20,21). The van der Waals surface area contributed by atoms with E-state index < -0.39 is 12.6 Å². The molecule has 7 nitrogen and oxygen atoms in total. The number of benzene rings is 2. The molecule has 0 unspecified atom stereocenters. The summed E-state index contributed by atoms with van der Waals surface area (Å²) in [7, 11) is 0. The van der Waals surface area contributed by atoms with Gasteiger partial charge >= 0.3 is 5.97 Å². The molecule has 3 aromatic rings. The first kappa shape index (κ1) is 16.0. The Morgan fingerprint density at radius 3 is 2.77 bits per heavy atom. The van der Waals surface area contributed by atoms with E-state index >= 15 is 0 Å². The molecule has 132 valence electrons. The van der Waals surface area contributed by atoms with Gasteiger partial charge in [0.1, 0.15) is 17.1 Å². The van der Waals surface area contributed by atoms with Crippen LogP contribution in [-0.4, -0.2) is 24.5 Å². The van der Waals surface area contributed by atoms with Crippen molar-refractivity contribution in [2.24, 2.45) is 0 Å². The number of fused-ring (bicyclic) bond motifs is 2. The highest BCUT2D eigenvalue weighted by Crippen LogP contribution is 2.36. The Bertz CT molecular complexity index is 1080. The summed E-state index contributed by atoms with van der Waals surface area (Å²) in [6.07, 6.45) is 0. The summed E-state index contributed by atoms with van der Waals surface area (Å²) in [5, 5.41) is 9.07. The monoisotopic (exact) mass is 354 g/mol. The maximum absolute atomic E-state index is 13.0. The zero-order valence-electron chi connectivity index (χ0n) is 13.8. The van der Waals surface area contributed by atoms with Crippen LogP contribution in [0.5, 0.6) is 17.2 Å². The smallest absolute Gasteiger partial charge is 0.341 e. The van der Waals surface area contributed by atoms with Crippen LogP contribution < -0.4 is 19.6 Å². The number of ether oxygens (including phenoxy) is 3. The van der Waals surface area contributed by atoms with Gasteiger partial charge < -0.3 is 23.7 Å². The molecular weight excluding hydrogens is 340 g/mol. The highest BCUT2D eigenvalue weighted by Gasteiger charge is 2.18. The number of carboxylic acids is 1. The molecule has 0 aliphatic carbocycles. The van der Waals surface area contributed by atoms with Crippen molar-refractivity contribution < 1.29 is 28.5 Å². The molecule has 0 amide bonds. The molecule has 0 radical (unpaired) electrons. The number of aliphatic carboxylic acids is 1. The lowest BCUT2D eigenvalue weighted by Crippen LogP contribution is -2.10. The number of hydrogen-bond acceptors (Lipinski definition) is 6. The van der Waals surface area contributed by atoms with E-state index in [2.05, 4.69) is 0 Å². The summed E-state index contributed by atoms with van der Waals surface area (Å²) in [4.78, 5) is 23.6. The molecule has 2 heterocycles. The molecule has 1 N–H and O–H groups in total. The van der Waals surface area contributed by atoms with Gasteiger partial charge in [-0.3, -0.25) is 4.79 Å². The number of aryl methyl sites for hydroxylation is 1. The van der Waals surface area contributed by atoms with Crippen LogP contribution in [0.2, 0.25) is 0 Å². The SMILES string of the molecule is Cc1oc2cc(OCC(=O)O)ccc2c(=O)c1-c1ccc2c(c1)OCO2. The Labute approximate surface area is 147 Å². The van der Waals surface area contributed by atoms with E-state index in [0.29, 0.717) is 45.1 Å². The van der Waals surface area contributed by atoms with Gasteiger partial charge in [-0.2, -0.15) is 0 Å². The Hall–Kier alpha value is -3.48. The summed E-state index contributed by atoms with van der Waals surface area (Å²) in [6, 6.07) is 9.90. The van der Waals surface area contributed by atoms with E-state index in [-0.39, 0.29) is 12.2 Å². The summed E-state index contributed by atoms with van der Waals surface area (Å²) >= 11 is 0. The summed E-state index contributed by atoms with van der Waals surface area (Å²) < 4.78 is 21.6. The van der Waals surface area contributed by atoms with Crippen molar-refractivity contribution >= 4 is 16.9 Å². The maximum Gasteiger partial charge on any atom is 0.341 e. The lowest BCUT2D eigenvalue weighted by atomic mass is 10.0. The average molecular weight is 354 g/mol. The van der Waals surface area contributed by atoms with Crippen LogP contribution in [0.4, 0.5) is 0 Å². The van der Waals surface area contributed by atoms with E-state index in [0.717, 1.165) is 0 Å². The maximum atomic E-state index is 13.0. The fraction of sp³-hybridized carbons (Fsp3) is 0.158. The topological polar surface area (TPSA) is 95.2 Å². The molecule has 1 aliphatic rings. The second-order valence-electron chi connectivity index (χ2n) is 5.77. The molecule has 2 aromatic carbocycles. The van der Waals surface area contributed by atoms with Crippen LogP contribution in [-0.2, 0) is 4.79 Å². The second-order valence-corrected chi connectivity index (χ2v) is 5.77. The average Bonchev–Trinajstić information content (AvgIpc) is 3.07. The van der Waals surface area contributed by atoms with Gasteiger partial charge in [0.2, 0.25) is 12.2 Å². The van der Waals surface area contributed by atoms with Crippen LogP contribution in [0.1, 0.15) is 5.76 Å². The van der Waals surface area contributed by atoms with E-state index in [9.17, 15) is 9.59 Å². The molecule has 26 heavy (non-hydrogen) atoms. The largest absolute Gasteiger partial charge is 0.482 e. The molecule has 0 atom stereocenters. The summed E-state index contributed by atoms with van der Waals surface area (Å²) in [5.74, 6) is 0.895. The van der Waals surface area contributed by atoms with Crippen molar-refractivity contribution in [3.05, 3.63) is 52.4 Å². The number of rotatable bonds is 4. The van der Waals surface area contributed by atoms with Gasteiger partial charge in [-0.1, -0.05) is 6.07 Å². The molecule has 1 aliphatic heterocycles. The van der Waals surface area contributed by atoms with Gasteiger partial charge in [-0.25, -0.2) is 4.79 Å². The lowest BCUT2D eigenvalue weighted by Gasteiger charge is -2.09. The Morgan fingerprint density at radius 1 is 1.15 bits per heavy atom. The van der Waals surface area contributed by atoms with Gasteiger partial charge in [-0.15, -0.1) is 0 Å². The molecule has 0 saturated carbocycles. The van der Waals surface area contributed by atoms with E-state index in [1.165, 1.54) is 6.07 Å². The Balaban J connectivity index is 1.80. The third kappa shape index (κ3) is 2.73. The van der Waals surface area contributed by atoms with Crippen LogP contribution in [0.3, 0.4) is 0 Å². The minimum Gasteiger partial charge on any atom is -0.482 e. The fourth-order valence-electron chi connectivity index (χ4n) is 2.91. The van der Waals surface area contributed by atoms with E-state index in [1.807, 2.05) is 0 Å². The minimum atomic E-state index is -1.08. The van der Waals surface area contributed by atoms with Crippen molar-refractivity contribution in [2.75, 3.05) is 13.4 Å². The summed E-state index contributed by atoms with van der Waals surface area (Å²) in [6.45, 7) is 1.39. The predicted octanol–water partition coefficient (Wildman–Crippen LogP) is 2.96. The highest BCUT2D eigenvalue weighted by molar-refractivity contribution is 5.84. The fourth-order valence-corrected chi connectivity index (χ4v) is 2.91. The van der Waals surface area contributed by atoms with Crippen molar-refractivity contribution in [1.29, 1.82) is 0 Å². The molecule has 7 heteroatoms. The van der Waals surface area contributed by atoms with Crippen molar-refractivity contribution in [3.63, 3.8) is 0 Å². The van der Waals surface area contributed by atoms with Crippen LogP contribution in [0.25, 0.3) is 22.1 Å². The van der Waals surface area contributed by atoms with Gasteiger partial charge in [0.15, 0.2) is 18.1 Å². The van der Waals surface area contributed by atoms with Crippen molar-refractivity contribution in [2.45, 2.75) is 6.92 Å². The summed E-state index contributed by atoms with van der Waals surface area (Å²) in [5.41, 5.74) is 1.26. The van der Waals surface area contributed by atoms with Gasteiger partial charge in [-0.05, 0) is 36.8 Å². The van der Waals surface area contributed by atoms with Gasteiger partial charge in [0.25, 0.3) is 0 Å². The third-order valence-corrected chi connectivity index (χ3v) is 4.06. The lowest BCUT2D eigenvalue weighted by molar-refractivity contribution is -0.139. The van der Waals surface area contributed by atoms with Gasteiger partial charge in [0, 0.05) is 6.07 Å². The van der Waals surface area contributed by atoms with Crippen LogP contribution >= 0.6 is 0 Å². The molecular formula is C19H14O7. The third-order valence-electron chi connectivity index (χ3n) is 4.06. The van der Waals surface area contributed by atoms with Crippen molar-refractivity contribution in [1.82, 2.24) is 0 Å². The molecule has 0 saturated heterocycles. The molecule has 4 rings (SSSR count). The quantitative estimate of drug-likeness (QED) is 0.769. The Morgan fingerprint density at radius 2 is 1.96 bits per heavy atom.